The van der Waals surface area contributed by atoms with Gasteiger partial charge in [-0.15, -0.1) is 0 Å². The van der Waals surface area contributed by atoms with Gasteiger partial charge < -0.3 is 55.1 Å². The van der Waals surface area contributed by atoms with Gasteiger partial charge in [-0.05, 0) is 18.8 Å². The molecular formula is C18H34O11. The van der Waals surface area contributed by atoms with Gasteiger partial charge in [-0.2, -0.15) is 0 Å². The molecule has 0 bridgehead atoms. The summed E-state index contributed by atoms with van der Waals surface area (Å²) in [4.78, 5) is 0. The minimum Gasteiger partial charge on any atom is -0.396 e. The van der Waals surface area contributed by atoms with Gasteiger partial charge in [-0.3, -0.25) is 0 Å². The van der Waals surface area contributed by atoms with Gasteiger partial charge in [0.15, 0.2) is 6.29 Å². The molecule has 2 rings (SSSR count). The molecule has 2 fully saturated rings. The normalized spacial score (nSPS) is 44.6. The van der Waals surface area contributed by atoms with Gasteiger partial charge in [0.05, 0.1) is 25.4 Å². The Morgan fingerprint density at radius 3 is 2.10 bits per heavy atom. The fourth-order valence-electron chi connectivity index (χ4n) is 3.60. The lowest BCUT2D eigenvalue weighted by molar-refractivity contribution is -0.303. The Bertz CT molecular complexity index is 477. The van der Waals surface area contributed by atoms with Crippen molar-refractivity contribution < 1.29 is 55.1 Å². The molecule has 1 heterocycles. The second-order valence-corrected chi connectivity index (χ2v) is 7.98. The Morgan fingerprint density at radius 1 is 0.828 bits per heavy atom. The van der Waals surface area contributed by atoms with Gasteiger partial charge in [0, 0.05) is 19.1 Å². The summed E-state index contributed by atoms with van der Waals surface area (Å²) in [5.74, 6) is -0.641. The zero-order valence-corrected chi connectivity index (χ0v) is 16.4. The van der Waals surface area contributed by atoms with Crippen LogP contribution in [0.25, 0.3) is 0 Å². The molecule has 1 unspecified atom stereocenters. The third-order valence-corrected chi connectivity index (χ3v) is 5.67. The van der Waals surface area contributed by atoms with Crippen LogP contribution < -0.4 is 0 Å². The minimum absolute atomic E-state index is 0.0627. The van der Waals surface area contributed by atoms with Crippen LogP contribution in [-0.4, -0.2) is 122 Å². The van der Waals surface area contributed by atoms with Crippen molar-refractivity contribution in [3.05, 3.63) is 0 Å². The minimum atomic E-state index is -1.50. The van der Waals surface area contributed by atoms with E-state index in [0.29, 0.717) is 6.42 Å². The maximum atomic E-state index is 10.0. The third kappa shape index (κ3) is 6.05. The highest BCUT2D eigenvalue weighted by atomic mass is 16.7. The highest BCUT2D eigenvalue weighted by molar-refractivity contribution is 4.93. The van der Waals surface area contributed by atoms with Gasteiger partial charge in [0.1, 0.15) is 36.6 Å². The first-order valence-corrected chi connectivity index (χ1v) is 9.90. The number of rotatable bonds is 9. The molecule has 29 heavy (non-hydrogen) atoms. The van der Waals surface area contributed by atoms with Crippen LogP contribution in [0.3, 0.4) is 0 Å². The highest BCUT2D eigenvalue weighted by Crippen LogP contribution is 2.28. The summed E-state index contributed by atoms with van der Waals surface area (Å²) in [6, 6.07) is 0. The second kappa shape index (κ2) is 11.3. The summed E-state index contributed by atoms with van der Waals surface area (Å²) in [5, 5.41) is 77.6. The Balaban J connectivity index is 1.74. The van der Waals surface area contributed by atoms with Gasteiger partial charge >= 0.3 is 0 Å². The molecule has 172 valence electrons. The fraction of sp³-hybridized carbons (Fsp3) is 1.00. The van der Waals surface area contributed by atoms with Crippen molar-refractivity contribution in [2.75, 3.05) is 26.4 Å². The van der Waals surface area contributed by atoms with E-state index in [1.54, 1.807) is 0 Å². The number of aliphatic hydroxyl groups is 8. The van der Waals surface area contributed by atoms with Crippen molar-refractivity contribution in [3.63, 3.8) is 0 Å². The van der Waals surface area contributed by atoms with E-state index in [0.717, 1.165) is 0 Å². The second-order valence-electron chi connectivity index (χ2n) is 7.98. The van der Waals surface area contributed by atoms with Crippen molar-refractivity contribution in [2.24, 2.45) is 11.8 Å². The zero-order valence-electron chi connectivity index (χ0n) is 16.4. The summed E-state index contributed by atoms with van der Waals surface area (Å²) in [7, 11) is 0. The van der Waals surface area contributed by atoms with E-state index in [1.807, 2.05) is 6.92 Å². The largest absolute Gasteiger partial charge is 0.396 e. The average Bonchev–Trinajstić information content (AvgIpc) is 2.71. The van der Waals surface area contributed by atoms with E-state index >= 15 is 0 Å². The van der Waals surface area contributed by atoms with Crippen LogP contribution >= 0.6 is 0 Å². The van der Waals surface area contributed by atoms with E-state index in [-0.39, 0.29) is 32.2 Å². The SMILES string of the molecule is CC(CCO[C@H]1C[C@H](CO)[C@@H](O)[C@H](O)[C@@H]1O)CO[C@H]1O[C@H](CO)[C@@H](O)[C@H](O)[C@@H]1O. The predicted molar refractivity (Wildman–Crippen MR) is 96.5 cm³/mol. The van der Waals surface area contributed by atoms with E-state index in [2.05, 4.69) is 0 Å². The molecule has 2 aliphatic rings. The number of aliphatic hydroxyl groups excluding tert-OH is 8. The Hall–Kier alpha value is -0.440. The molecule has 11 atom stereocenters. The predicted octanol–water partition coefficient (Wildman–Crippen LogP) is -3.69. The number of hydrogen-bond donors (Lipinski definition) is 8. The lowest BCUT2D eigenvalue weighted by Crippen LogP contribution is -2.59. The first-order chi connectivity index (χ1) is 13.7. The van der Waals surface area contributed by atoms with Crippen LogP contribution in [-0.2, 0) is 14.2 Å². The molecule has 0 aromatic heterocycles. The number of hydrogen-bond acceptors (Lipinski definition) is 11. The Kier molecular flexibility index (Phi) is 9.64. The molecule has 0 aromatic rings. The van der Waals surface area contributed by atoms with Gasteiger partial charge in [0.25, 0.3) is 0 Å². The fourth-order valence-corrected chi connectivity index (χ4v) is 3.60. The van der Waals surface area contributed by atoms with E-state index in [9.17, 15) is 40.9 Å². The average molecular weight is 426 g/mol. The lowest BCUT2D eigenvalue weighted by atomic mass is 9.81. The first-order valence-electron chi connectivity index (χ1n) is 9.90. The van der Waals surface area contributed by atoms with Crippen LogP contribution in [0.2, 0.25) is 0 Å². The third-order valence-electron chi connectivity index (χ3n) is 5.67. The van der Waals surface area contributed by atoms with Crippen LogP contribution in [0.1, 0.15) is 19.8 Å². The van der Waals surface area contributed by atoms with Crippen molar-refractivity contribution in [1.82, 2.24) is 0 Å². The molecule has 11 nitrogen and oxygen atoms in total. The van der Waals surface area contributed by atoms with Crippen LogP contribution in [0.4, 0.5) is 0 Å². The van der Waals surface area contributed by atoms with Crippen LogP contribution in [0.5, 0.6) is 0 Å². The summed E-state index contributed by atoms with van der Waals surface area (Å²) in [6.45, 7) is 1.35. The molecule has 8 N–H and O–H groups in total. The molecule has 1 saturated carbocycles. The summed E-state index contributed by atoms with van der Waals surface area (Å²) in [5.41, 5.74) is 0. The molecule has 0 spiro atoms. The smallest absolute Gasteiger partial charge is 0.186 e. The molecule has 0 radical (unpaired) electrons. The van der Waals surface area contributed by atoms with Gasteiger partial charge in [0.2, 0.25) is 0 Å². The summed E-state index contributed by atoms with van der Waals surface area (Å²) < 4.78 is 16.4. The molecule has 0 aromatic carbocycles. The van der Waals surface area contributed by atoms with Crippen molar-refractivity contribution in [1.29, 1.82) is 0 Å². The standard InChI is InChI=1S/C18H34O11/c1-8(7-28-18-17(26)16(25)14(23)11(6-20)29-18)2-3-27-10-4-9(5-19)12(21)15(24)13(10)22/h8-26H,2-7H2,1H3/t8?,9-,10+,11-,12-,13-,14-,15+,16+,17+,18+/m1/s1. The number of ether oxygens (including phenoxy) is 3. The van der Waals surface area contributed by atoms with Gasteiger partial charge in [-0.25, -0.2) is 0 Å². The molecular weight excluding hydrogens is 392 g/mol. The quantitative estimate of drug-likeness (QED) is 0.181. The van der Waals surface area contributed by atoms with Gasteiger partial charge in [-0.1, -0.05) is 6.92 Å². The zero-order chi connectivity index (χ0) is 21.7. The van der Waals surface area contributed by atoms with Crippen LogP contribution in [0, 0.1) is 11.8 Å². The highest BCUT2D eigenvalue weighted by Gasteiger charge is 2.44. The summed E-state index contributed by atoms with van der Waals surface area (Å²) in [6.07, 6.45) is -10.5. The molecule has 1 aliphatic heterocycles. The van der Waals surface area contributed by atoms with Crippen molar-refractivity contribution >= 4 is 0 Å². The van der Waals surface area contributed by atoms with E-state index in [4.69, 9.17) is 14.2 Å². The first kappa shape index (κ1) is 24.8. The summed E-state index contributed by atoms with van der Waals surface area (Å²) >= 11 is 0. The topological polar surface area (TPSA) is 190 Å². The van der Waals surface area contributed by atoms with E-state index < -0.39 is 67.6 Å². The van der Waals surface area contributed by atoms with E-state index in [1.165, 1.54) is 0 Å². The molecule has 1 aliphatic carbocycles. The molecule has 11 heteroatoms. The monoisotopic (exact) mass is 426 g/mol. The maximum Gasteiger partial charge on any atom is 0.186 e. The Morgan fingerprint density at radius 2 is 1.48 bits per heavy atom. The maximum absolute atomic E-state index is 10.0. The van der Waals surface area contributed by atoms with Crippen molar-refractivity contribution in [3.8, 4) is 0 Å². The lowest BCUT2D eigenvalue weighted by Gasteiger charge is -2.40. The van der Waals surface area contributed by atoms with Crippen LogP contribution in [0.15, 0.2) is 0 Å². The molecule has 0 amide bonds. The molecule has 1 saturated heterocycles. The van der Waals surface area contributed by atoms with Crippen molar-refractivity contribution in [2.45, 2.75) is 74.9 Å². The Labute approximate surface area is 169 Å².